The van der Waals surface area contributed by atoms with Crippen LogP contribution in [0.3, 0.4) is 0 Å². The Morgan fingerprint density at radius 2 is 2.00 bits per heavy atom. The Labute approximate surface area is 125 Å². The van der Waals surface area contributed by atoms with Gasteiger partial charge in [0.25, 0.3) is 5.91 Å². The Morgan fingerprint density at radius 3 is 2.60 bits per heavy atom. The topological polar surface area (TPSA) is 29.5 Å². The number of piperidine rings is 1. The number of likely N-dealkylation sites (tertiary alicyclic amines) is 1. The van der Waals surface area contributed by atoms with E-state index in [1.807, 2.05) is 24.0 Å². The quantitative estimate of drug-likeness (QED) is 0.848. The Kier molecular flexibility index (Phi) is 4.92. The molecule has 0 aliphatic carbocycles. The average molecular weight is 296 g/mol. The molecule has 20 heavy (non-hydrogen) atoms. The lowest BCUT2D eigenvalue weighted by atomic mass is 9.97. The summed E-state index contributed by atoms with van der Waals surface area (Å²) in [5, 5.41) is 0.680. The monoisotopic (exact) mass is 295 g/mol. The van der Waals surface area contributed by atoms with Crippen LogP contribution in [0.15, 0.2) is 18.2 Å². The largest absolute Gasteiger partial charge is 0.483 e. The van der Waals surface area contributed by atoms with Crippen LogP contribution in [0.2, 0.25) is 5.02 Å². The van der Waals surface area contributed by atoms with Gasteiger partial charge in [0.1, 0.15) is 5.75 Å². The van der Waals surface area contributed by atoms with Crippen LogP contribution in [-0.2, 0) is 4.79 Å². The fraction of sp³-hybridized carbons (Fsp3) is 0.562. The number of rotatable bonds is 3. The normalized spacial score (nSPS) is 22.7. The van der Waals surface area contributed by atoms with Crippen molar-refractivity contribution in [1.29, 1.82) is 0 Å². The first-order chi connectivity index (χ1) is 9.49. The van der Waals surface area contributed by atoms with Crippen LogP contribution in [0.1, 0.15) is 38.7 Å². The van der Waals surface area contributed by atoms with Gasteiger partial charge in [0.05, 0.1) is 0 Å². The summed E-state index contributed by atoms with van der Waals surface area (Å²) in [5.74, 6) is 0.791. The lowest BCUT2D eigenvalue weighted by Crippen LogP contribution is -2.49. The van der Waals surface area contributed by atoms with Crippen LogP contribution in [0.4, 0.5) is 0 Å². The third-order valence-electron chi connectivity index (χ3n) is 3.97. The second-order valence-electron chi connectivity index (χ2n) is 5.63. The summed E-state index contributed by atoms with van der Waals surface area (Å²) in [5.41, 5.74) is 0.949. The van der Waals surface area contributed by atoms with Crippen LogP contribution >= 0.6 is 11.6 Å². The van der Waals surface area contributed by atoms with Gasteiger partial charge >= 0.3 is 0 Å². The molecule has 1 aromatic carbocycles. The zero-order chi connectivity index (χ0) is 14.7. The Balaban J connectivity index is 1.97. The van der Waals surface area contributed by atoms with E-state index in [1.54, 1.807) is 6.07 Å². The Hall–Kier alpha value is -1.22. The Bertz CT molecular complexity index is 479. The molecule has 1 fully saturated rings. The average Bonchev–Trinajstić information content (AvgIpc) is 2.37. The van der Waals surface area contributed by atoms with Crippen molar-refractivity contribution in [3.8, 4) is 5.75 Å². The van der Waals surface area contributed by atoms with E-state index in [9.17, 15) is 4.79 Å². The molecule has 1 amide bonds. The smallest absolute Gasteiger partial charge is 0.260 e. The van der Waals surface area contributed by atoms with Crippen LogP contribution in [0.25, 0.3) is 0 Å². The molecule has 0 spiro atoms. The molecule has 0 N–H and O–H groups in total. The van der Waals surface area contributed by atoms with Gasteiger partial charge in [0.15, 0.2) is 6.61 Å². The highest BCUT2D eigenvalue weighted by Crippen LogP contribution is 2.24. The lowest BCUT2D eigenvalue weighted by Gasteiger charge is -2.39. The van der Waals surface area contributed by atoms with Gasteiger partial charge in [0.2, 0.25) is 0 Å². The molecule has 3 nitrogen and oxygen atoms in total. The summed E-state index contributed by atoms with van der Waals surface area (Å²) in [6.07, 6.45) is 3.36. The van der Waals surface area contributed by atoms with Crippen molar-refractivity contribution in [2.45, 2.75) is 52.1 Å². The molecule has 1 heterocycles. The van der Waals surface area contributed by atoms with Crippen molar-refractivity contribution < 1.29 is 9.53 Å². The highest BCUT2D eigenvalue weighted by Gasteiger charge is 2.28. The molecule has 1 aliphatic heterocycles. The zero-order valence-electron chi connectivity index (χ0n) is 12.4. The molecule has 0 unspecified atom stereocenters. The molecule has 1 aromatic rings. The first kappa shape index (κ1) is 15.2. The predicted molar refractivity (Wildman–Crippen MR) is 81.3 cm³/mol. The molecular formula is C16H22ClNO2. The minimum Gasteiger partial charge on any atom is -0.483 e. The van der Waals surface area contributed by atoms with Crippen LogP contribution in [0.5, 0.6) is 5.75 Å². The standard InChI is InChI=1S/C16H22ClNO2/c1-11-9-14(17)7-8-15(11)20-10-16(19)18-12(2)5-4-6-13(18)3/h7-9,12-13H,4-6,10H2,1-3H3/t12-,13-/m0/s1. The van der Waals surface area contributed by atoms with Gasteiger partial charge < -0.3 is 9.64 Å². The van der Waals surface area contributed by atoms with E-state index in [0.717, 1.165) is 24.2 Å². The van der Waals surface area contributed by atoms with E-state index in [4.69, 9.17) is 16.3 Å². The fourth-order valence-corrected chi connectivity index (χ4v) is 3.13. The predicted octanol–water partition coefficient (Wildman–Crippen LogP) is 3.82. The third kappa shape index (κ3) is 3.45. The number of carbonyl (C=O) groups is 1. The minimum absolute atomic E-state index is 0.0686. The number of amides is 1. The summed E-state index contributed by atoms with van der Waals surface area (Å²) >= 11 is 5.91. The third-order valence-corrected chi connectivity index (χ3v) is 4.20. The van der Waals surface area contributed by atoms with E-state index in [-0.39, 0.29) is 12.5 Å². The summed E-state index contributed by atoms with van der Waals surface area (Å²) in [6.45, 7) is 6.25. The zero-order valence-corrected chi connectivity index (χ0v) is 13.1. The molecule has 110 valence electrons. The maximum atomic E-state index is 12.3. The van der Waals surface area contributed by atoms with Crippen molar-refractivity contribution in [2.24, 2.45) is 0 Å². The number of hydrogen-bond acceptors (Lipinski definition) is 2. The number of nitrogens with zero attached hydrogens (tertiary/aromatic N) is 1. The van der Waals surface area contributed by atoms with Gasteiger partial charge in [-0.2, -0.15) is 0 Å². The molecule has 1 aliphatic rings. The van der Waals surface area contributed by atoms with Crippen molar-refractivity contribution in [3.63, 3.8) is 0 Å². The van der Waals surface area contributed by atoms with Crippen molar-refractivity contribution in [1.82, 2.24) is 4.90 Å². The number of benzene rings is 1. The number of halogens is 1. The molecule has 0 bridgehead atoms. The molecule has 0 aromatic heterocycles. The molecular weight excluding hydrogens is 274 g/mol. The van der Waals surface area contributed by atoms with E-state index in [2.05, 4.69) is 13.8 Å². The van der Waals surface area contributed by atoms with E-state index < -0.39 is 0 Å². The number of carbonyl (C=O) groups excluding carboxylic acids is 1. The Morgan fingerprint density at radius 1 is 1.35 bits per heavy atom. The van der Waals surface area contributed by atoms with Crippen LogP contribution < -0.4 is 4.74 Å². The summed E-state index contributed by atoms with van der Waals surface area (Å²) in [4.78, 5) is 14.3. The first-order valence-electron chi connectivity index (χ1n) is 7.19. The van der Waals surface area contributed by atoms with Gasteiger partial charge in [-0.15, -0.1) is 0 Å². The molecule has 2 atom stereocenters. The van der Waals surface area contributed by atoms with Gasteiger partial charge in [-0.05, 0) is 63.8 Å². The van der Waals surface area contributed by atoms with E-state index >= 15 is 0 Å². The van der Waals surface area contributed by atoms with E-state index in [0.29, 0.717) is 17.1 Å². The second kappa shape index (κ2) is 6.49. The van der Waals surface area contributed by atoms with Gasteiger partial charge in [0, 0.05) is 17.1 Å². The summed E-state index contributed by atoms with van der Waals surface area (Å²) < 4.78 is 5.65. The maximum Gasteiger partial charge on any atom is 0.260 e. The number of aryl methyl sites for hydroxylation is 1. The van der Waals surface area contributed by atoms with Crippen LogP contribution in [-0.4, -0.2) is 29.5 Å². The highest BCUT2D eigenvalue weighted by atomic mass is 35.5. The minimum atomic E-state index is 0.0686. The molecule has 0 radical (unpaired) electrons. The molecule has 0 saturated carbocycles. The first-order valence-corrected chi connectivity index (χ1v) is 7.57. The maximum absolute atomic E-state index is 12.3. The summed E-state index contributed by atoms with van der Waals surface area (Å²) in [7, 11) is 0. The lowest BCUT2D eigenvalue weighted by molar-refractivity contribution is -0.139. The van der Waals surface area contributed by atoms with Gasteiger partial charge in [-0.25, -0.2) is 0 Å². The second-order valence-corrected chi connectivity index (χ2v) is 6.06. The molecule has 2 rings (SSSR count). The van der Waals surface area contributed by atoms with Crippen molar-refractivity contribution in [3.05, 3.63) is 28.8 Å². The fourth-order valence-electron chi connectivity index (χ4n) is 2.90. The van der Waals surface area contributed by atoms with Crippen molar-refractivity contribution in [2.75, 3.05) is 6.61 Å². The highest BCUT2D eigenvalue weighted by molar-refractivity contribution is 6.30. The SMILES string of the molecule is Cc1cc(Cl)ccc1OCC(=O)N1[C@@H](C)CCC[C@@H]1C. The molecule has 1 saturated heterocycles. The van der Waals surface area contributed by atoms with Crippen molar-refractivity contribution >= 4 is 17.5 Å². The molecule has 4 heteroatoms. The van der Waals surface area contributed by atoms with Gasteiger partial charge in [-0.1, -0.05) is 11.6 Å². The van der Waals surface area contributed by atoms with Gasteiger partial charge in [-0.3, -0.25) is 4.79 Å². The summed E-state index contributed by atoms with van der Waals surface area (Å²) in [6, 6.07) is 6.05. The number of hydrogen-bond donors (Lipinski definition) is 0. The van der Waals surface area contributed by atoms with Crippen LogP contribution in [0, 0.1) is 6.92 Å². The number of ether oxygens (including phenoxy) is 1. The van der Waals surface area contributed by atoms with E-state index in [1.165, 1.54) is 6.42 Å².